The number of aromatic amines is 1. The lowest BCUT2D eigenvalue weighted by atomic mass is 9.96. The molecule has 2 rings (SSSR count). The van der Waals surface area contributed by atoms with E-state index in [1.165, 1.54) is 6.20 Å². The van der Waals surface area contributed by atoms with Gasteiger partial charge in [0.05, 0.1) is 6.54 Å². The van der Waals surface area contributed by atoms with Crippen LogP contribution >= 0.6 is 11.6 Å². The molecule has 0 saturated heterocycles. The Morgan fingerprint density at radius 1 is 1.47 bits per heavy atom. The number of rotatable bonds is 4. The Morgan fingerprint density at radius 3 is 2.84 bits per heavy atom. The Labute approximate surface area is 115 Å². The number of amides is 1. The smallest absolute Gasteiger partial charge is 0.269 e. The lowest BCUT2D eigenvalue weighted by molar-refractivity contribution is 0.0526. The van der Waals surface area contributed by atoms with Gasteiger partial charge in [0.2, 0.25) is 0 Å². The van der Waals surface area contributed by atoms with Crippen molar-refractivity contribution < 1.29 is 9.90 Å². The molecule has 0 aliphatic rings. The molecule has 1 aromatic carbocycles. The highest BCUT2D eigenvalue weighted by molar-refractivity contribution is 6.31. The van der Waals surface area contributed by atoms with Crippen molar-refractivity contribution >= 4 is 17.5 Å². The van der Waals surface area contributed by atoms with Crippen LogP contribution in [0.1, 0.15) is 23.0 Å². The molecule has 6 heteroatoms. The van der Waals surface area contributed by atoms with Crippen molar-refractivity contribution in [3.8, 4) is 0 Å². The lowest BCUT2D eigenvalue weighted by Crippen LogP contribution is -2.38. The first-order valence-corrected chi connectivity index (χ1v) is 6.13. The molecule has 1 atom stereocenters. The van der Waals surface area contributed by atoms with Gasteiger partial charge in [-0.1, -0.05) is 29.8 Å². The zero-order valence-electron chi connectivity index (χ0n) is 10.4. The summed E-state index contributed by atoms with van der Waals surface area (Å²) in [5.41, 5.74) is -0.329. The van der Waals surface area contributed by atoms with Crippen molar-refractivity contribution in [3.63, 3.8) is 0 Å². The molecule has 0 fully saturated rings. The van der Waals surface area contributed by atoms with Gasteiger partial charge in [0.25, 0.3) is 5.91 Å². The third-order valence-electron chi connectivity index (χ3n) is 2.79. The predicted octanol–water partition coefficient (Wildman–Crippen LogP) is 1.70. The van der Waals surface area contributed by atoms with Crippen LogP contribution < -0.4 is 5.32 Å². The van der Waals surface area contributed by atoms with Gasteiger partial charge in [-0.3, -0.25) is 9.89 Å². The maximum atomic E-state index is 11.7. The molecule has 0 aliphatic heterocycles. The third kappa shape index (κ3) is 3.13. The zero-order chi connectivity index (χ0) is 13.9. The summed E-state index contributed by atoms with van der Waals surface area (Å²) in [6, 6.07) is 8.55. The minimum absolute atomic E-state index is 0.0502. The van der Waals surface area contributed by atoms with Crippen molar-refractivity contribution in [2.24, 2.45) is 0 Å². The Hall–Kier alpha value is -1.85. The van der Waals surface area contributed by atoms with E-state index in [1.54, 1.807) is 37.3 Å². The van der Waals surface area contributed by atoms with E-state index in [0.717, 1.165) is 0 Å². The number of hydrogen-bond acceptors (Lipinski definition) is 3. The van der Waals surface area contributed by atoms with Crippen molar-refractivity contribution in [2.45, 2.75) is 12.5 Å². The van der Waals surface area contributed by atoms with E-state index in [1.807, 2.05) is 0 Å². The molecule has 0 spiro atoms. The van der Waals surface area contributed by atoms with Crippen LogP contribution in [0.3, 0.4) is 0 Å². The van der Waals surface area contributed by atoms with E-state index >= 15 is 0 Å². The molecule has 0 radical (unpaired) electrons. The molecule has 100 valence electrons. The number of H-pyrrole nitrogens is 1. The SMILES string of the molecule is CC(O)(CNC(=O)c1ccn[nH]1)c1ccccc1Cl. The molecule has 1 heterocycles. The molecule has 0 aliphatic carbocycles. The first-order valence-electron chi connectivity index (χ1n) is 5.75. The van der Waals surface area contributed by atoms with Gasteiger partial charge in [0.1, 0.15) is 11.3 Å². The topological polar surface area (TPSA) is 78.0 Å². The third-order valence-corrected chi connectivity index (χ3v) is 3.12. The quantitative estimate of drug-likeness (QED) is 0.797. The molecule has 0 bridgehead atoms. The molecular formula is C13H14ClN3O2. The molecule has 3 N–H and O–H groups in total. The minimum Gasteiger partial charge on any atom is -0.384 e. The second-order valence-corrected chi connectivity index (χ2v) is 4.81. The molecule has 1 aromatic heterocycles. The van der Waals surface area contributed by atoms with E-state index in [4.69, 9.17) is 11.6 Å². The van der Waals surface area contributed by atoms with Crippen molar-refractivity contribution in [1.29, 1.82) is 0 Å². The lowest BCUT2D eigenvalue weighted by Gasteiger charge is -2.25. The number of nitrogens with one attached hydrogen (secondary N) is 2. The monoisotopic (exact) mass is 279 g/mol. The van der Waals surface area contributed by atoms with E-state index in [0.29, 0.717) is 16.3 Å². The first-order chi connectivity index (χ1) is 9.00. The van der Waals surface area contributed by atoms with E-state index in [9.17, 15) is 9.90 Å². The van der Waals surface area contributed by atoms with Crippen molar-refractivity contribution in [1.82, 2.24) is 15.5 Å². The van der Waals surface area contributed by atoms with Gasteiger partial charge >= 0.3 is 0 Å². The fourth-order valence-corrected chi connectivity index (χ4v) is 2.06. The molecule has 1 unspecified atom stereocenters. The van der Waals surface area contributed by atoms with Crippen LogP contribution in [0.15, 0.2) is 36.5 Å². The normalized spacial score (nSPS) is 13.8. The average molecular weight is 280 g/mol. The average Bonchev–Trinajstić information content (AvgIpc) is 2.90. The van der Waals surface area contributed by atoms with Crippen LogP contribution in [-0.2, 0) is 5.60 Å². The molecule has 0 saturated carbocycles. The molecule has 1 amide bonds. The Morgan fingerprint density at radius 2 is 2.21 bits per heavy atom. The van der Waals surface area contributed by atoms with Gasteiger partial charge in [0, 0.05) is 16.8 Å². The van der Waals surface area contributed by atoms with Crippen molar-refractivity contribution in [2.75, 3.05) is 6.54 Å². The van der Waals surface area contributed by atoms with Crippen LogP contribution in [0, 0.1) is 0 Å². The second kappa shape index (κ2) is 5.42. The summed E-state index contributed by atoms with van der Waals surface area (Å²) in [5, 5.41) is 19.7. The maximum Gasteiger partial charge on any atom is 0.269 e. The number of carbonyl (C=O) groups is 1. The van der Waals surface area contributed by atoms with Crippen LogP contribution in [0.5, 0.6) is 0 Å². The first kappa shape index (κ1) is 13.6. The van der Waals surface area contributed by atoms with Crippen LogP contribution in [0.2, 0.25) is 5.02 Å². The number of aromatic nitrogens is 2. The summed E-state index contributed by atoms with van der Waals surface area (Å²) in [6.45, 7) is 1.65. The van der Waals surface area contributed by atoms with Gasteiger partial charge in [-0.2, -0.15) is 5.10 Å². The number of benzene rings is 1. The van der Waals surface area contributed by atoms with Gasteiger partial charge in [-0.05, 0) is 19.1 Å². The van der Waals surface area contributed by atoms with E-state index < -0.39 is 5.60 Å². The second-order valence-electron chi connectivity index (χ2n) is 4.41. The number of nitrogens with zero attached hydrogens (tertiary/aromatic N) is 1. The summed E-state index contributed by atoms with van der Waals surface area (Å²) in [4.78, 5) is 11.7. The predicted molar refractivity (Wildman–Crippen MR) is 71.9 cm³/mol. The Kier molecular flexibility index (Phi) is 3.87. The summed E-state index contributed by atoms with van der Waals surface area (Å²) in [6.07, 6.45) is 1.49. The fraction of sp³-hybridized carbons (Fsp3) is 0.231. The molecule has 2 aromatic rings. The highest BCUT2D eigenvalue weighted by Crippen LogP contribution is 2.27. The summed E-state index contributed by atoms with van der Waals surface area (Å²) in [5.74, 6) is -0.329. The number of carbonyl (C=O) groups excluding carboxylic acids is 1. The summed E-state index contributed by atoms with van der Waals surface area (Å²) < 4.78 is 0. The highest BCUT2D eigenvalue weighted by Gasteiger charge is 2.26. The van der Waals surface area contributed by atoms with Gasteiger partial charge in [-0.25, -0.2) is 0 Å². The zero-order valence-corrected chi connectivity index (χ0v) is 11.1. The summed E-state index contributed by atoms with van der Waals surface area (Å²) in [7, 11) is 0. The maximum absolute atomic E-state index is 11.7. The number of halogens is 1. The largest absolute Gasteiger partial charge is 0.384 e. The van der Waals surface area contributed by atoms with Crippen LogP contribution in [0.4, 0.5) is 0 Å². The standard InChI is InChI=1S/C13H14ClN3O2/c1-13(19,9-4-2-3-5-10(9)14)8-15-12(18)11-6-7-16-17-11/h2-7,19H,8H2,1H3,(H,15,18)(H,16,17). The Bertz CT molecular complexity index is 567. The van der Waals surface area contributed by atoms with E-state index in [2.05, 4.69) is 15.5 Å². The van der Waals surface area contributed by atoms with Crippen LogP contribution in [0.25, 0.3) is 0 Å². The summed E-state index contributed by atoms with van der Waals surface area (Å²) >= 11 is 6.03. The number of hydrogen-bond donors (Lipinski definition) is 3. The fourth-order valence-electron chi connectivity index (χ4n) is 1.72. The molecular weight excluding hydrogens is 266 g/mol. The van der Waals surface area contributed by atoms with E-state index in [-0.39, 0.29) is 12.5 Å². The van der Waals surface area contributed by atoms with Crippen molar-refractivity contribution in [3.05, 3.63) is 52.8 Å². The molecule has 5 nitrogen and oxygen atoms in total. The van der Waals surface area contributed by atoms with Crippen LogP contribution in [-0.4, -0.2) is 27.8 Å². The minimum atomic E-state index is -1.24. The highest BCUT2D eigenvalue weighted by atomic mass is 35.5. The number of aliphatic hydroxyl groups is 1. The van der Waals surface area contributed by atoms with Gasteiger partial charge < -0.3 is 10.4 Å². The Balaban J connectivity index is 2.06. The van der Waals surface area contributed by atoms with Gasteiger partial charge in [-0.15, -0.1) is 0 Å². The van der Waals surface area contributed by atoms with Gasteiger partial charge in [0.15, 0.2) is 0 Å². The molecule has 19 heavy (non-hydrogen) atoms.